The molecule has 2 aliphatic rings. The van der Waals surface area contributed by atoms with Crippen LogP contribution in [0.25, 0.3) is 0 Å². The van der Waals surface area contributed by atoms with Crippen molar-refractivity contribution in [3.05, 3.63) is 23.4 Å². The first kappa shape index (κ1) is 15.2. The Kier molecular flexibility index (Phi) is 3.23. The van der Waals surface area contributed by atoms with Gasteiger partial charge in [-0.3, -0.25) is 9.69 Å². The largest absolute Gasteiger partial charge is 0.416 e. The van der Waals surface area contributed by atoms with E-state index in [1.165, 1.54) is 11.8 Å². The smallest absolute Gasteiger partial charge is 0.342 e. The maximum absolute atomic E-state index is 12.9. The summed E-state index contributed by atoms with van der Waals surface area (Å²) in [7, 11) is 0. The van der Waals surface area contributed by atoms with E-state index in [4.69, 9.17) is 9.47 Å². The molecule has 0 aliphatic carbocycles. The van der Waals surface area contributed by atoms with Crippen molar-refractivity contribution in [2.24, 2.45) is 0 Å². The summed E-state index contributed by atoms with van der Waals surface area (Å²) in [4.78, 5) is 17.6. The zero-order valence-electron chi connectivity index (χ0n) is 12.3. The lowest BCUT2D eigenvalue weighted by atomic mass is 10.2. The van der Waals surface area contributed by atoms with Crippen LogP contribution in [-0.4, -0.2) is 35.4 Å². The van der Waals surface area contributed by atoms with Crippen LogP contribution in [0.4, 0.5) is 19.0 Å². The van der Waals surface area contributed by atoms with E-state index >= 15 is 0 Å². The lowest BCUT2D eigenvalue weighted by Crippen LogP contribution is -2.35. The molecule has 0 N–H and O–H groups in total. The number of rotatable bonds is 1. The number of fused-ring (bicyclic) bond motifs is 1. The van der Waals surface area contributed by atoms with E-state index in [1.807, 2.05) is 0 Å². The molecule has 0 bridgehead atoms. The van der Waals surface area contributed by atoms with Gasteiger partial charge in [0.25, 0.3) is 5.91 Å². The number of hydrogen-bond acceptors (Lipinski definition) is 4. The molecule has 8 heteroatoms. The number of hydrogen-bond donors (Lipinski definition) is 0. The highest BCUT2D eigenvalue weighted by atomic mass is 19.4. The Morgan fingerprint density at radius 1 is 1.32 bits per heavy atom. The summed E-state index contributed by atoms with van der Waals surface area (Å²) < 4.78 is 49.7. The van der Waals surface area contributed by atoms with Gasteiger partial charge in [-0.2, -0.15) is 13.2 Å². The number of halogens is 3. The van der Waals surface area contributed by atoms with Crippen LogP contribution < -0.4 is 4.90 Å². The molecule has 2 atom stereocenters. The van der Waals surface area contributed by atoms with Crippen LogP contribution in [0.1, 0.15) is 25.1 Å². The number of carbonyl (C=O) groups is 1. The van der Waals surface area contributed by atoms with E-state index < -0.39 is 35.6 Å². The minimum absolute atomic E-state index is 0.0308. The van der Waals surface area contributed by atoms with Crippen molar-refractivity contribution in [3.63, 3.8) is 0 Å². The summed E-state index contributed by atoms with van der Waals surface area (Å²) in [6, 6.07) is 1.82. The second-order valence-electron chi connectivity index (χ2n) is 5.90. The van der Waals surface area contributed by atoms with Crippen LogP contribution in [-0.2, 0) is 20.4 Å². The molecule has 0 saturated carbocycles. The highest BCUT2D eigenvalue weighted by molar-refractivity contribution is 5.99. The Balaban J connectivity index is 1.91. The third-order valence-electron chi connectivity index (χ3n) is 3.60. The molecule has 0 radical (unpaired) electrons. The second kappa shape index (κ2) is 4.66. The van der Waals surface area contributed by atoms with Gasteiger partial charge in [-0.25, -0.2) is 4.98 Å². The van der Waals surface area contributed by atoms with Crippen molar-refractivity contribution < 1.29 is 27.4 Å². The van der Waals surface area contributed by atoms with Gasteiger partial charge in [0, 0.05) is 5.69 Å². The fourth-order valence-corrected chi connectivity index (χ4v) is 2.76. The highest BCUT2D eigenvalue weighted by Gasteiger charge is 2.53. The van der Waals surface area contributed by atoms with E-state index in [-0.39, 0.29) is 18.1 Å². The zero-order chi connectivity index (χ0) is 16.3. The average Bonchev–Trinajstić information content (AvgIpc) is 2.82. The van der Waals surface area contributed by atoms with Gasteiger partial charge in [0.2, 0.25) is 0 Å². The summed E-state index contributed by atoms with van der Waals surface area (Å²) in [5.74, 6) is -1.33. The summed E-state index contributed by atoms with van der Waals surface area (Å²) in [6.07, 6.45) is -5.79. The van der Waals surface area contributed by atoms with Crippen LogP contribution in [0, 0.1) is 6.92 Å². The fraction of sp³-hybridized carbons (Fsp3) is 0.571. The molecule has 2 aliphatic heterocycles. The number of alkyl halides is 3. The number of aromatic nitrogens is 1. The molecule has 1 aromatic rings. The SMILES string of the molecule is Cc1cc(C(F)(F)F)cc(N2CC3OC(C)(C)OC3C2=O)n1. The molecular formula is C14H15F3N2O3. The van der Waals surface area contributed by atoms with Crippen molar-refractivity contribution in [2.45, 2.75) is 44.9 Å². The summed E-state index contributed by atoms with van der Waals surface area (Å²) in [5, 5.41) is 0. The molecule has 22 heavy (non-hydrogen) atoms. The Labute approximate surface area is 125 Å². The van der Waals surface area contributed by atoms with E-state index in [0.29, 0.717) is 0 Å². The van der Waals surface area contributed by atoms with E-state index in [2.05, 4.69) is 4.98 Å². The monoisotopic (exact) mass is 316 g/mol. The molecule has 0 spiro atoms. The van der Waals surface area contributed by atoms with Crippen LogP contribution in [0.5, 0.6) is 0 Å². The number of amides is 1. The average molecular weight is 316 g/mol. The molecule has 1 aromatic heterocycles. The number of anilines is 1. The van der Waals surface area contributed by atoms with E-state index in [9.17, 15) is 18.0 Å². The van der Waals surface area contributed by atoms with Gasteiger partial charge in [0.05, 0.1) is 12.1 Å². The highest BCUT2D eigenvalue weighted by Crippen LogP contribution is 2.37. The molecular weight excluding hydrogens is 301 g/mol. The molecule has 2 unspecified atom stereocenters. The van der Waals surface area contributed by atoms with Crippen LogP contribution in [0.3, 0.4) is 0 Å². The van der Waals surface area contributed by atoms with Gasteiger partial charge < -0.3 is 9.47 Å². The van der Waals surface area contributed by atoms with E-state index in [0.717, 1.165) is 12.1 Å². The molecule has 5 nitrogen and oxygen atoms in total. The standard InChI is InChI=1S/C14H15F3N2O3/c1-7-4-8(14(15,16)17)5-10(18-7)19-6-9-11(12(19)20)22-13(2,3)21-9/h4-5,9,11H,6H2,1-3H3. The van der Waals surface area contributed by atoms with Crippen molar-refractivity contribution in [3.8, 4) is 0 Å². The number of aryl methyl sites for hydroxylation is 1. The maximum Gasteiger partial charge on any atom is 0.416 e. The molecule has 2 fully saturated rings. The zero-order valence-corrected chi connectivity index (χ0v) is 12.3. The number of carbonyl (C=O) groups excluding carboxylic acids is 1. The van der Waals surface area contributed by atoms with Gasteiger partial charge >= 0.3 is 6.18 Å². The third kappa shape index (κ3) is 2.56. The van der Waals surface area contributed by atoms with Crippen LogP contribution in [0.15, 0.2) is 12.1 Å². The van der Waals surface area contributed by atoms with Gasteiger partial charge in [0.15, 0.2) is 11.9 Å². The lowest BCUT2D eigenvalue weighted by Gasteiger charge is -2.23. The van der Waals surface area contributed by atoms with Crippen molar-refractivity contribution in [1.82, 2.24) is 4.98 Å². The first-order valence-corrected chi connectivity index (χ1v) is 6.80. The first-order valence-electron chi connectivity index (χ1n) is 6.80. The quantitative estimate of drug-likeness (QED) is 0.797. The third-order valence-corrected chi connectivity index (χ3v) is 3.60. The molecule has 1 amide bonds. The normalized spacial score (nSPS) is 27.4. The predicted octanol–water partition coefficient (Wildman–Crippen LogP) is 2.28. The predicted molar refractivity (Wildman–Crippen MR) is 70.2 cm³/mol. The van der Waals surface area contributed by atoms with E-state index in [1.54, 1.807) is 13.8 Å². The topological polar surface area (TPSA) is 51.7 Å². The Morgan fingerprint density at radius 3 is 2.59 bits per heavy atom. The second-order valence-corrected chi connectivity index (χ2v) is 5.90. The molecule has 3 heterocycles. The summed E-state index contributed by atoms with van der Waals surface area (Å²) in [5.41, 5.74) is -0.640. The maximum atomic E-state index is 12.9. The minimum atomic E-state index is -4.49. The summed E-state index contributed by atoms with van der Waals surface area (Å²) >= 11 is 0. The van der Waals surface area contributed by atoms with Crippen LogP contribution >= 0.6 is 0 Å². The number of nitrogens with zero attached hydrogens (tertiary/aromatic N) is 2. The minimum Gasteiger partial charge on any atom is -0.342 e. The van der Waals surface area contributed by atoms with Crippen molar-refractivity contribution in [1.29, 1.82) is 0 Å². The molecule has 2 saturated heterocycles. The fourth-order valence-electron chi connectivity index (χ4n) is 2.76. The Morgan fingerprint density at radius 2 is 2.00 bits per heavy atom. The van der Waals surface area contributed by atoms with Gasteiger partial charge in [-0.05, 0) is 32.9 Å². The van der Waals surface area contributed by atoms with Gasteiger partial charge in [-0.1, -0.05) is 0 Å². The van der Waals surface area contributed by atoms with Crippen LogP contribution in [0.2, 0.25) is 0 Å². The lowest BCUT2D eigenvalue weighted by molar-refractivity contribution is -0.157. The van der Waals surface area contributed by atoms with Gasteiger partial charge in [0.1, 0.15) is 11.9 Å². The van der Waals surface area contributed by atoms with Crippen molar-refractivity contribution in [2.75, 3.05) is 11.4 Å². The Hall–Kier alpha value is -1.67. The van der Waals surface area contributed by atoms with Crippen molar-refractivity contribution >= 4 is 11.7 Å². The molecule has 120 valence electrons. The Bertz CT molecular complexity index is 630. The first-order chi connectivity index (χ1) is 10.1. The van der Waals surface area contributed by atoms with Gasteiger partial charge in [-0.15, -0.1) is 0 Å². The molecule has 0 aromatic carbocycles. The number of pyridine rings is 1. The molecule has 3 rings (SSSR count). The number of ether oxygens (including phenoxy) is 2. The summed E-state index contributed by atoms with van der Waals surface area (Å²) in [6.45, 7) is 4.96.